The summed E-state index contributed by atoms with van der Waals surface area (Å²) in [6.07, 6.45) is -25.2. The Morgan fingerprint density at radius 1 is 0.806 bits per heavy atom. The summed E-state index contributed by atoms with van der Waals surface area (Å²) < 4.78 is 180. The van der Waals surface area contributed by atoms with E-state index < -0.39 is 78.9 Å². The second-order valence-electron chi connectivity index (χ2n) is 7.61. The van der Waals surface area contributed by atoms with Crippen molar-refractivity contribution < 1.29 is 71.6 Å². The van der Waals surface area contributed by atoms with Crippen LogP contribution >= 0.6 is 0 Å². The van der Waals surface area contributed by atoms with E-state index in [1.165, 1.54) is 6.92 Å². The summed E-state index contributed by atoms with van der Waals surface area (Å²) in [4.78, 5) is 0. The highest BCUT2D eigenvalue weighted by Gasteiger charge is 2.74. The Kier molecular flexibility index (Phi) is 8.88. The Balaban J connectivity index is 2.60. The van der Waals surface area contributed by atoms with Crippen LogP contribution in [0, 0.1) is 0 Å². The SMILES string of the molecule is CCOCOC[N+](c1ccc(C(COCC2CO2)(C(F)(F)F)C(F)(F)F)cc1)(C(F)(F)F)C(F)(F)F. The van der Waals surface area contributed by atoms with Crippen molar-refractivity contribution in [3.05, 3.63) is 29.8 Å². The van der Waals surface area contributed by atoms with E-state index in [1.807, 2.05) is 0 Å². The highest BCUT2D eigenvalue weighted by atomic mass is 19.4. The maximum atomic E-state index is 13.8. The molecule has 0 N–H and O–H groups in total. The Bertz CT molecular complexity index is 816. The van der Waals surface area contributed by atoms with E-state index in [-0.39, 0.29) is 37.5 Å². The first-order chi connectivity index (χ1) is 16.3. The average Bonchev–Trinajstić information content (AvgIpc) is 3.52. The van der Waals surface area contributed by atoms with E-state index >= 15 is 0 Å². The van der Waals surface area contributed by atoms with Crippen molar-refractivity contribution in [3.63, 3.8) is 0 Å². The van der Waals surface area contributed by atoms with Gasteiger partial charge >= 0.3 is 25.0 Å². The number of quaternary nitrogens is 1. The predicted molar refractivity (Wildman–Crippen MR) is 97.1 cm³/mol. The van der Waals surface area contributed by atoms with Crippen LogP contribution in [-0.4, -0.2) is 71.0 Å². The fourth-order valence-electron chi connectivity index (χ4n) is 3.22. The minimum atomic E-state index is -6.16. The molecule has 1 atom stereocenters. The van der Waals surface area contributed by atoms with Gasteiger partial charge in [-0.25, -0.2) is 0 Å². The Hall–Kier alpha value is -1.82. The molecule has 0 amide bonds. The topological polar surface area (TPSA) is 40.2 Å². The molecular weight excluding hydrogens is 534 g/mol. The van der Waals surface area contributed by atoms with E-state index in [0.717, 1.165) is 0 Å². The van der Waals surface area contributed by atoms with E-state index in [2.05, 4.69) is 18.9 Å². The number of ether oxygens (including phenoxy) is 4. The highest BCUT2D eigenvalue weighted by Crippen LogP contribution is 2.53. The van der Waals surface area contributed by atoms with Gasteiger partial charge in [0.1, 0.15) is 11.8 Å². The Labute approximate surface area is 196 Å². The summed E-state index contributed by atoms with van der Waals surface area (Å²) in [7, 11) is 0. The number of rotatable bonds is 11. The van der Waals surface area contributed by atoms with Crippen molar-refractivity contribution in [3.8, 4) is 0 Å². The fraction of sp³-hybridized carbons (Fsp3) is 0.684. The lowest BCUT2D eigenvalue weighted by Crippen LogP contribution is -2.68. The van der Waals surface area contributed by atoms with Crippen LogP contribution in [0.1, 0.15) is 12.5 Å². The predicted octanol–water partition coefficient (Wildman–Crippen LogP) is 5.78. The molecule has 1 saturated heterocycles. The van der Waals surface area contributed by atoms with Crippen molar-refractivity contribution in [2.45, 2.75) is 43.4 Å². The van der Waals surface area contributed by atoms with Gasteiger partial charge in [-0.05, 0) is 12.5 Å². The fourth-order valence-corrected chi connectivity index (χ4v) is 3.22. The summed E-state index contributed by atoms with van der Waals surface area (Å²) >= 11 is 0. The van der Waals surface area contributed by atoms with Gasteiger partial charge in [0.25, 0.3) is 0 Å². The van der Waals surface area contributed by atoms with E-state index in [4.69, 9.17) is 0 Å². The molecule has 0 bridgehead atoms. The van der Waals surface area contributed by atoms with Gasteiger partial charge in [0.05, 0.1) is 19.8 Å². The molecule has 1 aromatic carbocycles. The minimum absolute atomic E-state index is 0.0417. The molecule has 1 aromatic rings. The lowest BCUT2D eigenvalue weighted by atomic mass is 9.79. The molecule has 0 aliphatic carbocycles. The van der Waals surface area contributed by atoms with Gasteiger partial charge in [-0.2, -0.15) is 26.3 Å². The summed E-state index contributed by atoms with van der Waals surface area (Å²) in [6.45, 7) is -4.53. The lowest BCUT2D eigenvalue weighted by Gasteiger charge is -2.39. The van der Waals surface area contributed by atoms with E-state index in [9.17, 15) is 52.7 Å². The van der Waals surface area contributed by atoms with Gasteiger partial charge in [-0.1, -0.05) is 16.6 Å². The minimum Gasteiger partial charge on any atom is -0.377 e. The smallest absolute Gasteiger partial charge is 0.377 e. The number of alkyl halides is 12. The first-order valence-electron chi connectivity index (χ1n) is 9.96. The first-order valence-corrected chi connectivity index (χ1v) is 9.96. The van der Waals surface area contributed by atoms with Crippen LogP contribution in [0.25, 0.3) is 0 Å². The number of hydrogen-bond acceptors (Lipinski definition) is 4. The molecule has 0 radical (unpaired) electrons. The normalized spacial score (nSPS) is 18.0. The number of nitrogens with zero attached hydrogens (tertiary/aromatic N) is 1. The summed E-state index contributed by atoms with van der Waals surface area (Å²) in [5.74, 6) is 0. The molecule has 1 heterocycles. The number of epoxide rings is 1. The van der Waals surface area contributed by atoms with E-state index in [1.54, 1.807) is 0 Å². The van der Waals surface area contributed by atoms with Crippen LogP contribution < -0.4 is 4.48 Å². The molecular formula is C19H20F12NO4+. The number of hydrogen-bond donors (Lipinski definition) is 0. The van der Waals surface area contributed by atoms with Crippen LogP contribution in [0.4, 0.5) is 58.4 Å². The molecule has 36 heavy (non-hydrogen) atoms. The van der Waals surface area contributed by atoms with Gasteiger partial charge in [0, 0.05) is 18.7 Å². The molecule has 1 aliphatic heterocycles. The van der Waals surface area contributed by atoms with Gasteiger partial charge in [0.15, 0.2) is 6.79 Å². The van der Waals surface area contributed by atoms with Gasteiger partial charge < -0.3 is 18.9 Å². The third-order valence-electron chi connectivity index (χ3n) is 5.31. The van der Waals surface area contributed by atoms with Crippen molar-refractivity contribution in [1.82, 2.24) is 4.48 Å². The first kappa shape index (κ1) is 30.4. The average molecular weight is 554 g/mol. The maximum Gasteiger partial charge on any atom is 0.575 e. The highest BCUT2D eigenvalue weighted by molar-refractivity contribution is 5.48. The van der Waals surface area contributed by atoms with Gasteiger partial charge in [0.2, 0.25) is 12.1 Å². The molecule has 0 aromatic heterocycles. The van der Waals surface area contributed by atoms with Crippen LogP contribution in [0.3, 0.4) is 0 Å². The van der Waals surface area contributed by atoms with Crippen LogP contribution in [0.2, 0.25) is 0 Å². The molecule has 1 fully saturated rings. The summed E-state index contributed by atoms with van der Waals surface area (Å²) in [5.41, 5.74) is -8.15. The van der Waals surface area contributed by atoms with Crippen LogP contribution in [-0.2, 0) is 24.4 Å². The number of benzene rings is 1. The molecule has 0 saturated carbocycles. The van der Waals surface area contributed by atoms with Crippen molar-refractivity contribution in [1.29, 1.82) is 0 Å². The standard InChI is InChI=1S/C19H20F12NO4/c1-2-33-11-35-10-32(18(26,27)28,19(29,30)31)13-5-3-12(4-6-13)15(16(20,21)22,17(23,24)25)9-34-7-14-8-36-14/h3-6,14H,2,7-11H2,1H3/q+1. The number of halogens is 12. The van der Waals surface area contributed by atoms with Crippen molar-refractivity contribution >= 4 is 5.69 Å². The Morgan fingerprint density at radius 3 is 1.69 bits per heavy atom. The zero-order valence-corrected chi connectivity index (χ0v) is 18.2. The summed E-state index contributed by atoms with van der Waals surface area (Å²) in [5, 5.41) is 0. The maximum absolute atomic E-state index is 13.8. The molecule has 0 spiro atoms. The second-order valence-corrected chi connectivity index (χ2v) is 7.61. The summed E-state index contributed by atoms with van der Waals surface area (Å²) in [6, 6.07) is -0.423. The second kappa shape index (κ2) is 10.5. The zero-order valence-electron chi connectivity index (χ0n) is 18.2. The van der Waals surface area contributed by atoms with Gasteiger partial charge in [-0.15, -0.1) is 26.3 Å². The quantitative estimate of drug-likeness (QED) is 0.0869. The molecule has 1 aliphatic rings. The van der Waals surface area contributed by atoms with Crippen LogP contribution in [0.5, 0.6) is 0 Å². The molecule has 17 heteroatoms. The van der Waals surface area contributed by atoms with Crippen molar-refractivity contribution in [2.24, 2.45) is 0 Å². The van der Waals surface area contributed by atoms with E-state index in [0.29, 0.717) is 0 Å². The van der Waals surface area contributed by atoms with Gasteiger partial charge in [-0.3, -0.25) is 0 Å². The monoisotopic (exact) mass is 554 g/mol. The zero-order chi connectivity index (χ0) is 27.6. The Morgan fingerprint density at radius 2 is 1.31 bits per heavy atom. The van der Waals surface area contributed by atoms with Crippen molar-refractivity contribution in [2.75, 3.05) is 40.0 Å². The third-order valence-corrected chi connectivity index (χ3v) is 5.31. The van der Waals surface area contributed by atoms with Crippen LogP contribution in [0.15, 0.2) is 24.3 Å². The molecule has 2 rings (SSSR count). The largest absolute Gasteiger partial charge is 0.575 e. The molecule has 1 unspecified atom stereocenters. The molecule has 5 nitrogen and oxygen atoms in total. The lowest BCUT2D eigenvalue weighted by molar-refractivity contribution is -0.382. The third kappa shape index (κ3) is 5.84. The molecule has 208 valence electrons.